The van der Waals surface area contributed by atoms with E-state index in [1.165, 1.54) is 6.07 Å². The Morgan fingerprint density at radius 2 is 2.21 bits per heavy atom. The number of aliphatic carboxylic acids is 1. The number of halogens is 1. The highest BCUT2D eigenvalue weighted by Crippen LogP contribution is 2.19. The van der Waals surface area contributed by atoms with Crippen LogP contribution in [0.5, 0.6) is 5.75 Å². The summed E-state index contributed by atoms with van der Waals surface area (Å²) in [7, 11) is 0. The maximum atomic E-state index is 10.5. The number of benzene rings is 1. The largest absolute Gasteiger partial charge is 0.508 e. The summed E-state index contributed by atoms with van der Waals surface area (Å²) in [6, 6.07) is 3.88. The van der Waals surface area contributed by atoms with Gasteiger partial charge in [-0.05, 0) is 46.7 Å². The van der Waals surface area contributed by atoms with Crippen LogP contribution in [0.15, 0.2) is 18.2 Å². The first kappa shape index (κ1) is 11.3. The van der Waals surface area contributed by atoms with E-state index in [-0.39, 0.29) is 12.2 Å². The second-order valence-corrected chi connectivity index (χ2v) is 4.09. The lowest BCUT2D eigenvalue weighted by Gasteiger charge is -2.08. The van der Waals surface area contributed by atoms with Gasteiger partial charge in [0.1, 0.15) is 11.8 Å². The zero-order valence-electron chi connectivity index (χ0n) is 7.27. The number of aromatic hydroxyl groups is 1. The lowest BCUT2D eigenvalue weighted by molar-refractivity contribution is -0.138. The summed E-state index contributed by atoms with van der Waals surface area (Å²) >= 11 is 2.03. The van der Waals surface area contributed by atoms with Gasteiger partial charge < -0.3 is 15.9 Å². The molecule has 0 aliphatic rings. The van der Waals surface area contributed by atoms with Gasteiger partial charge in [-0.1, -0.05) is 6.07 Å². The van der Waals surface area contributed by atoms with Gasteiger partial charge in [0.2, 0.25) is 0 Å². The van der Waals surface area contributed by atoms with E-state index in [1.807, 2.05) is 22.6 Å². The fourth-order valence-electron chi connectivity index (χ4n) is 1.03. The Morgan fingerprint density at radius 3 is 2.71 bits per heavy atom. The summed E-state index contributed by atoms with van der Waals surface area (Å²) < 4.78 is 0.819. The zero-order valence-corrected chi connectivity index (χ0v) is 9.43. The maximum absolute atomic E-state index is 10.5. The minimum Gasteiger partial charge on any atom is -0.508 e. The highest BCUT2D eigenvalue weighted by Gasteiger charge is 2.13. The number of rotatable bonds is 3. The van der Waals surface area contributed by atoms with Crippen molar-refractivity contribution in [2.45, 2.75) is 12.5 Å². The number of carbonyl (C=O) groups is 1. The van der Waals surface area contributed by atoms with Gasteiger partial charge in [0, 0.05) is 3.57 Å². The molecule has 0 radical (unpaired) electrons. The van der Waals surface area contributed by atoms with Crippen molar-refractivity contribution >= 4 is 28.6 Å². The standard InChI is InChI=1S/C9H10INO3/c10-7-4-6(12)2-1-5(7)3-8(11)9(13)14/h1-2,4,8,12H,3,11H2,(H,13,14)/i10-4. The zero-order chi connectivity index (χ0) is 10.7. The van der Waals surface area contributed by atoms with Crippen LogP contribution in [0.25, 0.3) is 0 Å². The van der Waals surface area contributed by atoms with Crippen molar-refractivity contribution in [3.05, 3.63) is 27.3 Å². The summed E-state index contributed by atoms with van der Waals surface area (Å²) in [5.74, 6) is -0.851. The SMILES string of the molecule is NC(Cc1ccc(O)cc1[123I])C(=O)O. The number of hydrogen-bond acceptors (Lipinski definition) is 3. The van der Waals surface area contributed by atoms with Gasteiger partial charge in [-0.3, -0.25) is 4.79 Å². The normalized spacial score (nSPS) is 12.4. The van der Waals surface area contributed by atoms with E-state index in [0.29, 0.717) is 0 Å². The van der Waals surface area contributed by atoms with E-state index >= 15 is 0 Å². The van der Waals surface area contributed by atoms with Crippen molar-refractivity contribution in [3.63, 3.8) is 0 Å². The molecule has 0 amide bonds. The van der Waals surface area contributed by atoms with Crippen LogP contribution in [-0.2, 0) is 11.2 Å². The molecule has 1 unspecified atom stereocenters. The molecule has 0 heterocycles. The average molecular weight is 303 g/mol. The molecule has 1 aromatic carbocycles. The lowest BCUT2D eigenvalue weighted by Crippen LogP contribution is -2.32. The molecule has 4 nitrogen and oxygen atoms in total. The number of phenols is 1. The Kier molecular flexibility index (Phi) is 3.70. The molecule has 0 saturated heterocycles. The van der Waals surface area contributed by atoms with Crippen LogP contribution in [0.4, 0.5) is 0 Å². The van der Waals surface area contributed by atoms with Crippen molar-refractivity contribution < 1.29 is 15.0 Å². The number of hydrogen-bond donors (Lipinski definition) is 3. The predicted molar refractivity (Wildman–Crippen MR) is 60.1 cm³/mol. The van der Waals surface area contributed by atoms with Crippen molar-refractivity contribution in [2.24, 2.45) is 5.73 Å². The molecule has 0 aliphatic heterocycles. The smallest absolute Gasteiger partial charge is 0.320 e. The third-order valence-corrected chi connectivity index (χ3v) is 2.80. The van der Waals surface area contributed by atoms with E-state index in [0.717, 1.165) is 9.13 Å². The van der Waals surface area contributed by atoms with E-state index < -0.39 is 12.0 Å². The van der Waals surface area contributed by atoms with E-state index in [2.05, 4.69) is 0 Å². The fourth-order valence-corrected chi connectivity index (χ4v) is 1.75. The summed E-state index contributed by atoms with van der Waals surface area (Å²) in [5, 5.41) is 17.7. The highest BCUT2D eigenvalue weighted by atomic mass is 123. The second-order valence-electron chi connectivity index (χ2n) is 2.92. The Balaban J connectivity index is 2.82. The number of carboxylic acids is 1. The molecule has 0 saturated carbocycles. The first-order valence-electron chi connectivity index (χ1n) is 3.96. The molecule has 14 heavy (non-hydrogen) atoms. The molecule has 0 bridgehead atoms. The monoisotopic (exact) mass is 303 g/mol. The molecule has 0 aliphatic carbocycles. The van der Waals surface area contributed by atoms with E-state index in [1.54, 1.807) is 12.1 Å². The molecule has 0 fully saturated rings. The molecule has 4 N–H and O–H groups in total. The molecule has 1 aromatic rings. The van der Waals surface area contributed by atoms with E-state index in [9.17, 15) is 4.79 Å². The lowest BCUT2D eigenvalue weighted by atomic mass is 10.1. The third kappa shape index (κ3) is 2.85. The van der Waals surface area contributed by atoms with Gasteiger partial charge in [0.05, 0.1) is 0 Å². The number of phenolic OH excluding ortho intramolecular Hbond substituents is 1. The minimum atomic E-state index is -1.02. The Bertz CT molecular complexity index is 354. The summed E-state index contributed by atoms with van der Waals surface area (Å²) in [6.07, 6.45) is 0.272. The summed E-state index contributed by atoms with van der Waals surface area (Å²) in [6.45, 7) is 0. The molecular weight excluding hydrogens is 293 g/mol. The fraction of sp³-hybridized carbons (Fsp3) is 0.222. The quantitative estimate of drug-likeness (QED) is 0.726. The van der Waals surface area contributed by atoms with Crippen LogP contribution in [0, 0.1) is 3.57 Å². The van der Waals surface area contributed by atoms with Gasteiger partial charge in [-0.2, -0.15) is 0 Å². The van der Waals surface area contributed by atoms with Crippen LogP contribution in [-0.4, -0.2) is 22.2 Å². The average Bonchev–Trinajstić information content (AvgIpc) is 2.09. The molecule has 1 atom stereocenters. The number of nitrogens with two attached hydrogens (primary N) is 1. The van der Waals surface area contributed by atoms with Crippen molar-refractivity contribution in [1.82, 2.24) is 0 Å². The van der Waals surface area contributed by atoms with E-state index in [4.69, 9.17) is 15.9 Å². The van der Waals surface area contributed by atoms with Crippen LogP contribution >= 0.6 is 22.6 Å². The molecular formula is C9H10INO3. The molecule has 1 rings (SSSR count). The Hall–Kier alpha value is -0.820. The highest BCUT2D eigenvalue weighted by molar-refractivity contribution is 14.1. The van der Waals surface area contributed by atoms with Crippen LogP contribution < -0.4 is 5.73 Å². The van der Waals surface area contributed by atoms with Gasteiger partial charge in [-0.25, -0.2) is 0 Å². The van der Waals surface area contributed by atoms with Crippen molar-refractivity contribution in [2.75, 3.05) is 0 Å². The predicted octanol–water partition coefficient (Wildman–Crippen LogP) is 0.951. The first-order valence-corrected chi connectivity index (χ1v) is 5.04. The van der Waals surface area contributed by atoms with Gasteiger partial charge in [0.25, 0.3) is 0 Å². The molecule has 5 heteroatoms. The van der Waals surface area contributed by atoms with Gasteiger partial charge >= 0.3 is 5.97 Å². The molecule has 0 spiro atoms. The second kappa shape index (κ2) is 4.61. The van der Waals surface area contributed by atoms with Crippen molar-refractivity contribution in [3.8, 4) is 5.75 Å². The topological polar surface area (TPSA) is 83.5 Å². The minimum absolute atomic E-state index is 0.169. The maximum Gasteiger partial charge on any atom is 0.320 e. The van der Waals surface area contributed by atoms with Crippen LogP contribution in [0.1, 0.15) is 5.56 Å². The number of carboxylic acid groups (broad SMARTS) is 1. The van der Waals surface area contributed by atoms with Crippen LogP contribution in [0.3, 0.4) is 0 Å². The van der Waals surface area contributed by atoms with Gasteiger partial charge in [-0.15, -0.1) is 0 Å². The molecule has 0 aromatic heterocycles. The summed E-state index contributed by atoms with van der Waals surface area (Å²) in [4.78, 5) is 10.5. The first-order chi connectivity index (χ1) is 6.50. The summed E-state index contributed by atoms with van der Waals surface area (Å²) in [5.41, 5.74) is 6.22. The van der Waals surface area contributed by atoms with Crippen LogP contribution in [0.2, 0.25) is 0 Å². The Labute approximate surface area is 94.9 Å². The Morgan fingerprint density at radius 1 is 1.57 bits per heavy atom. The van der Waals surface area contributed by atoms with Gasteiger partial charge in [0.15, 0.2) is 0 Å². The third-order valence-electron chi connectivity index (χ3n) is 1.79. The van der Waals surface area contributed by atoms with Crippen molar-refractivity contribution in [1.29, 1.82) is 0 Å². The molecule has 76 valence electrons.